The van der Waals surface area contributed by atoms with E-state index in [0.29, 0.717) is 16.9 Å². The predicted molar refractivity (Wildman–Crippen MR) is 55.2 cm³/mol. The van der Waals surface area contributed by atoms with Gasteiger partial charge in [0.1, 0.15) is 5.52 Å². The van der Waals surface area contributed by atoms with Crippen LogP contribution in [0.5, 0.6) is 0 Å². The van der Waals surface area contributed by atoms with Crippen molar-refractivity contribution in [3.63, 3.8) is 0 Å². The maximum absolute atomic E-state index is 11.5. The van der Waals surface area contributed by atoms with Gasteiger partial charge in [0.25, 0.3) is 0 Å². The van der Waals surface area contributed by atoms with Crippen LogP contribution in [0.4, 0.5) is 5.69 Å². The Bertz CT molecular complexity index is 523. The summed E-state index contributed by atoms with van der Waals surface area (Å²) in [5.41, 5.74) is 7.33. The summed E-state index contributed by atoms with van der Waals surface area (Å²) in [6.07, 6.45) is 1.60. The van der Waals surface area contributed by atoms with Crippen LogP contribution in [0.15, 0.2) is 17.1 Å². The molecule has 5 heteroatoms. The lowest BCUT2D eigenvalue weighted by molar-refractivity contribution is 0.593. The molecule has 0 aliphatic carbocycles. The van der Waals surface area contributed by atoms with E-state index in [1.807, 2.05) is 13.8 Å². The summed E-state index contributed by atoms with van der Waals surface area (Å²) in [7, 11) is 0. The van der Waals surface area contributed by atoms with Crippen molar-refractivity contribution in [2.75, 3.05) is 5.73 Å². The topological polar surface area (TPSA) is 76.7 Å². The second-order valence-electron chi connectivity index (χ2n) is 3.49. The summed E-state index contributed by atoms with van der Waals surface area (Å²) in [5, 5.41) is 0. The van der Waals surface area contributed by atoms with Crippen LogP contribution in [0, 0.1) is 0 Å². The van der Waals surface area contributed by atoms with Crippen molar-refractivity contribution in [2.24, 2.45) is 0 Å². The Kier molecular flexibility index (Phi) is 1.80. The number of imidazole rings is 1. The van der Waals surface area contributed by atoms with Crippen LogP contribution in [-0.4, -0.2) is 14.5 Å². The summed E-state index contributed by atoms with van der Waals surface area (Å²) >= 11 is 0. The normalized spacial score (nSPS) is 11.4. The molecule has 2 aromatic rings. The van der Waals surface area contributed by atoms with Gasteiger partial charge in [0.15, 0.2) is 5.65 Å². The third-order valence-electron chi connectivity index (χ3n) is 2.16. The standard InChI is InChI=1S/C9H12N4O/c1-5(2)13-8-7(12-9(13)14)6(10)3-4-11-8/h3-5H,1-2H3,(H2,10,11)(H,12,14). The first kappa shape index (κ1) is 8.80. The summed E-state index contributed by atoms with van der Waals surface area (Å²) < 4.78 is 1.59. The second-order valence-corrected chi connectivity index (χ2v) is 3.49. The number of nitrogens with zero attached hydrogens (tertiary/aromatic N) is 2. The van der Waals surface area contributed by atoms with Gasteiger partial charge in [0.05, 0.1) is 5.69 Å². The van der Waals surface area contributed by atoms with Gasteiger partial charge in [0.2, 0.25) is 0 Å². The van der Waals surface area contributed by atoms with Gasteiger partial charge >= 0.3 is 5.69 Å². The first-order valence-corrected chi connectivity index (χ1v) is 4.46. The van der Waals surface area contributed by atoms with Crippen LogP contribution in [0.2, 0.25) is 0 Å². The number of nitrogen functional groups attached to an aromatic ring is 1. The van der Waals surface area contributed by atoms with Crippen molar-refractivity contribution in [1.82, 2.24) is 14.5 Å². The van der Waals surface area contributed by atoms with E-state index in [1.54, 1.807) is 16.8 Å². The largest absolute Gasteiger partial charge is 0.397 e. The fourth-order valence-corrected chi connectivity index (χ4v) is 1.52. The lowest BCUT2D eigenvalue weighted by Crippen LogP contribution is -2.18. The van der Waals surface area contributed by atoms with E-state index in [2.05, 4.69) is 9.97 Å². The van der Waals surface area contributed by atoms with E-state index in [4.69, 9.17) is 5.73 Å². The zero-order valence-corrected chi connectivity index (χ0v) is 8.11. The summed E-state index contributed by atoms with van der Waals surface area (Å²) in [4.78, 5) is 18.4. The molecular formula is C9H12N4O. The molecule has 2 rings (SSSR count). The molecule has 2 aromatic heterocycles. The van der Waals surface area contributed by atoms with E-state index in [1.165, 1.54) is 0 Å². The summed E-state index contributed by atoms with van der Waals surface area (Å²) in [6, 6.07) is 1.74. The molecule has 74 valence electrons. The van der Waals surface area contributed by atoms with E-state index in [0.717, 1.165) is 0 Å². The Morgan fingerprint density at radius 2 is 2.29 bits per heavy atom. The van der Waals surface area contributed by atoms with Crippen molar-refractivity contribution in [2.45, 2.75) is 19.9 Å². The number of aromatic amines is 1. The van der Waals surface area contributed by atoms with E-state index in [-0.39, 0.29) is 11.7 Å². The lowest BCUT2D eigenvalue weighted by atomic mass is 10.3. The number of fused-ring (bicyclic) bond motifs is 1. The Hall–Kier alpha value is -1.78. The highest BCUT2D eigenvalue weighted by atomic mass is 16.1. The highest BCUT2D eigenvalue weighted by Crippen LogP contribution is 2.16. The quantitative estimate of drug-likeness (QED) is 0.704. The van der Waals surface area contributed by atoms with Crippen LogP contribution in [-0.2, 0) is 0 Å². The molecule has 0 bridgehead atoms. The minimum atomic E-state index is -0.166. The number of nitrogens with one attached hydrogen (secondary N) is 1. The summed E-state index contributed by atoms with van der Waals surface area (Å²) in [5.74, 6) is 0. The van der Waals surface area contributed by atoms with E-state index >= 15 is 0 Å². The molecule has 0 amide bonds. The molecular weight excluding hydrogens is 180 g/mol. The Balaban J connectivity index is 2.91. The van der Waals surface area contributed by atoms with E-state index < -0.39 is 0 Å². The zero-order valence-electron chi connectivity index (χ0n) is 8.11. The number of aromatic nitrogens is 3. The van der Waals surface area contributed by atoms with Gasteiger partial charge in [-0.3, -0.25) is 4.57 Å². The number of rotatable bonds is 1. The molecule has 3 N–H and O–H groups in total. The molecule has 0 unspecified atom stereocenters. The predicted octanol–water partition coefficient (Wildman–Crippen LogP) is 0.888. The molecule has 5 nitrogen and oxygen atoms in total. The minimum absolute atomic E-state index is 0.0746. The molecule has 0 aromatic carbocycles. The van der Waals surface area contributed by atoms with Gasteiger partial charge in [-0.1, -0.05) is 0 Å². The van der Waals surface area contributed by atoms with Crippen molar-refractivity contribution >= 4 is 16.9 Å². The van der Waals surface area contributed by atoms with Crippen molar-refractivity contribution in [3.05, 3.63) is 22.7 Å². The molecule has 0 aliphatic heterocycles. The maximum atomic E-state index is 11.5. The molecule has 0 aliphatic rings. The molecule has 0 atom stereocenters. The molecule has 14 heavy (non-hydrogen) atoms. The number of anilines is 1. The second kappa shape index (κ2) is 2.87. The molecule has 2 heterocycles. The summed E-state index contributed by atoms with van der Waals surface area (Å²) in [6.45, 7) is 3.86. The molecule has 0 saturated carbocycles. The van der Waals surface area contributed by atoms with Crippen LogP contribution in [0.3, 0.4) is 0 Å². The van der Waals surface area contributed by atoms with Crippen LogP contribution < -0.4 is 11.4 Å². The Labute approximate surface area is 80.6 Å². The average Bonchev–Trinajstić information content (AvgIpc) is 2.42. The van der Waals surface area contributed by atoms with E-state index in [9.17, 15) is 4.79 Å². The lowest BCUT2D eigenvalue weighted by Gasteiger charge is -2.05. The average molecular weight is 192 g/mol. The molecule has 0 radical (unpaired) electrons. The van der Waals surface area contributed by atoms with Crippen molar-refractivity contribution in [3.8, 4) is 0 Å². The number of hydrogen-bond acceptors (Lipinski definition) is 3. The number of pyridine rings is 1. The zero-order chi connectivity index (χ0) is 10.3. The maximum Gasteiger partial charge on any atom is 0.327 e. The minimum Gasteiger partial charge on any atom is -0.397 e. The van der Waals surface area contributed by atoms with Gasteiger partial charge in [0, 0.05) is 12.2 Å². The number of nitrogens with two attached hydrogens (primary N) is 1. The third kappa shape index (κ3) is 1.09. The van der Waals surface area contributed by atoms with Gasteiger partial charge in [-0.15, -0.1) is 0 Å². The first-order valence-electron chi connectivity index (χ1n) is 4.46. The van der Waals surface area contributed by atoms with Crippen LogP contribution in [0.1, 0.15) is 19.9 Å². The first-order chi connectivity index (χ1) is 6.61. The van der Waals surface area contributed by atoms with Crippen LogP contribution >= 0.6 is 0 Å². The number of hydrogen-bond donors (Lipinski definition) is 2. The molecule has 0 spiro atoms. The highest BCUT2D eigenvalue weighted by molar-refractivity contribution is 5.83. The van der Waals surface area contributed by atoms with Crippen molar-refractivity contribution < 1.29 is 0 Å². The van der Waals surface area contributed by atoms with Gasteiger partial charge in [-0.2, -0.15) is 0 Å². The fraction of sp³-hybridized carbons (Fsp3) is 0.333. The molecule has 0 saturated heterocycles. The van der Waals surface area contributed by atoms with Crippen molar-refractivity contribution in [1.29, 1.82) is 0 Å². The van der Waals surface area contributed by atoms with Gasteiger partial charge < -0.3 is 10.7 Å². The SMILES string of the molecule is CC(C)n1c(=O)[nH]c2c(N)ccnc21. The van der Waals surface area contributed by atoms with Crippen LogP contribution in [0.25, 0.3) is 11.2 Å². The van der Waals surface area contributed by atoms with Gasteiger partial charge in [-0.05, 0) is 19.9 Å². The smallest absolute Gasteiger partial charge is 0.327 e. The molecule has 0 fully saturated rings. The fourth-order valence-electron chi connectivity index (χ4n) is 1.52. The highest BCUT2D eigenvalue weighted by Gasteiger charge is 2.11. The third-order valence-corrected chi connectivity index (χ3v) is 2.16. The Morgan fingerprint density at radius 1 is 1.57 bits per heavy atom. The Morgan fingerprint density at radius 3 is 2.93 bits per heavy atom. The monoisotopic (exact) mass is 192 g/mol. The van der Waals surface area contributed by atoms with Gasteiger partial charge in [-0.25, -0.2) is 9.78 Å². The number of H-pyrrole nitrogens is 1.